The summed E-state index contributed by atoms with van der Waals surface area (Å²) in [5, 5.41) is 16.9. The fourth-order valence-corrected chi connectivity index (χ4v) is 1.90. The van der Waals surface area contributed by atoms with E-state index in [1.807, 2.05) is 23.1 Å². The topological polar surface area (TPSA) is 50.9 Å². The van der Waals surface area contributed by atoms with E-state index < -0.39 is 0 Å². The van der Waals surface area contributed by atoms with Crippen LogP contribution in [0.5, 0.6) is 0 Å². The van der Waals surface area contributed by atoms with Crippen LogP contribution >= 0.6 is 0 Å². The van der Waals surface area contributed by atoms with Gasteiger partial charge in [-0.15, -0.1) is 0 Å². The molecule has 0 spiro atoms. The lowest BCUT2D eigenvalue weighted by Crippen LogP contribution is -2.35. The summed E-state index contributed by atoms with van der Waals surface area (Å²) >= 11 is 0. The zero-order valence-corrected chi connectivity index (χ0v) is 8.53. The van der Waals surface area contributed by atoms with Gasteiger partial charge in [0.05, 0.1) is 11.3 Å². The highest BCUT2D eigenvalue weighted by Crippen LogP contribution is 2.24. The highest BCUT2D eigenvalue weighted by atomic mass is 15.2. The normalized spacial score (nSPS) is 16.2. The second kappa shape index (κ2) is 4.14. The molecule has 3 heteroatoms. The predicted molar refractivity (Wildman–Crippen MR) is 60.1 cm³/mol. The van der Waals surface area contributed by atoms with Crippen molar-refractivity contribution in [3.8, 4) is 6.07 Å². The van der Waals surface area contributed by atoms with E-state index >= 15 is 0 Å². The van der Waals surface area contributed by atoms with Crippen molar-refractivity contribution >= 4 is 11.5 Å². The molecule has 0 bridgehead atoms. The van der Waals surface area contributed by atoms with Crippen molar-refractivity contribution in [2.24, 2.45) is 0 Å². The first-order chi connectivity index (χ1) is 7.33. The van der Waals surface area contributed by atoms with Crippen LogP contribution in [-0.2, 0) is 0 Å². The van der Waals surface area contributed by atoms with E-state index in [-0.39, 0.29) is 0 Å². The van der Waals surface area contributed by atoms with Crippen LogP contribution in [0.3, 0.4) is 0 Å². The Morgan fingerprint density at radius 2 is 2.07 bits per heavy atom. The van der Waals surface area contributed by atoms with Crippen LogP contribution in [0.4, 0.5) is 5.69 Å². The van der Waals surface area contributed by atoms with Gasteiger partial charge >= 0.3 is 0 Å². The van der Waals surface area contributed by atoms with E-state index in [0.29, 0.717) is 11.4 Å². The van der Waals surface area contributed by atoms with Crippen molar-refractivity contribution in [3.05, 3.63) is 29.8 Å². The molecular formula is C12H13N3. The van der Waals surface area contributed by atoms with E-state index in [1.165, 1.54) is 0 Å². The lowest BCUT2D eigenvalue weighted by Gasteiger charge is -2.29. The number of piperidine rings is 1. The number of amidine groups is 1. The molecule has 0 radical (unpaired) electrons. The summed E-state index contributed by atoms with van der Waals surface area (Å²) in [6.45, 7) is 0.859. The Morgan fingerprint density at radius 1 is 1.27 bits per heavy atom. The van der Waals surface area contributed by atoms with E-state index in [1.54, 1.807) is 6.07 Å². The maximum atomic E-state index is 8.99. The third kappa shape index (κ3) is 1.84. The van der Waals surface area contributed by atoms with Crippen molar-refractivity contribution in [2.45, 2.75) is 19.3 Å². The highest BCUT2D eigenvalue weighted by Gasteiger charge is 2.18. The summed E-state index contributed by atoms with van der Waals surface area (Å²) < 4.78 is 0. The summed E-state index contributed by atoms with van der Waals surface area (Å²) in [5.41, 5.74) is 1.54. The molecule has 1 aromatic rings. The molecule has 0 amide bonds. The van der Waals surface area contributed by atoms with Gasteiger partial charge in [0.25, 0.3) is 0 Å². The largest absolute Gasteiger partial charge is 0.329 e. The summed E-state index contributed by atoms with van der Waals surface area (Å²) in [6.07, 6.45) is 3.01. The number of rotatable bonds is 1. The molecular weight excluding hydrogens is 186 g/mol. The molecule has 0 aromatic heterocycles. The van der Waals surface area contributed by atoms with Crippen LogP contribution < -0.4 is 4.90 Å². The van der Waals surface area contributed by atoms with Gasteiger partial charge in [-0.2, -0.15) is 5.26 Å². The minimum atomic E-state index is 0.629. The van der Waals surface area contributed by atoms with Crippen LogP contribution in [0.1, 0.15) is 24.8 Å². The molecule has 0 atom stereocenters. The van der Waals surface area contributed by atoms with E-state index in [9.17, 15) is 0 Å². The number of anilines is 1. The number of para-hydroxylation sites is 1. The summed E-state index contributed by atoms with van der Waals surface area (Å²) in [4.78, 5) is 1.95. The molecule has 1 N–H and O–H groups in total. The molecule has 1 aliphatic heterocycles. The Bertz CT molecular complexity index is 417. The van der Waals surface area contributed by atoms with Crippen molar-refractivity contribution in [1.29, 1.82) is 10.7 Å². The average Bonchev–Trinajstić information content (AvgIpc) is 2.30. The number of nitrogens with zero attached hydrogens (tertiary/aromatic N) is 2. The zero-order valence-electron chi connectivity index (χ0n) is 8.53. The number of nitriles is 1. The molecule has 3 nitrogen and oxygen atoms in total. The SMILES string of the molecule is N#Cc1ccccc1N1CCCCC1=N. The third-order valence-electron chi connectivity index (χ3n) is 2.69. The van der Waals surface area contributed by atoms with Crippen LogP contribution in [-0.4, -0.2) is 12.4 Å². The Kier molecular flexibility index (Phi) is 2.68. The number of benzene rings is 1. The molecule has 2 rings (SSSR count). The minimum absolute atomic E-state index is 0.629. The van der Waals surface area contributed by atoms with E-state index in [0.717, 1.165) is 31.5 Å². The molecule has 1 fully saturated rings. The first kappa shape index (κ1) is 9.72. The van der Waals surface area contributed by atoms with Crippen molar-refractivity contribution in [1.82, 2.24) is 0 Å². The second-order valence-corrected chi connectivity index (χ2v) is 3.68. The monoisotopic (exact) mass is 199 g/mol. The van der Waals surface area contributed by atoms with Gasteiger partial charge in [0.15, 0.2) is 0 Å². The summed E-state index contributed by atoms with van der Waals surface area (Å²) in [7, 11) is 0. The standard InChI is InChI=1S/C12H13N3/c13-9-10-5-1-2-6-11(10)15-8-4-3-7-12(15)14/h1-2,5-6,14H,3-4,7-8H2. The molecule has 1 heterocycles. The van der Waals surface area contributed by atoms with Gasteiger partial charge in [0.2, 0.25) is 0 Å². The fourth-order valence-electron chi connectivity index (χ4n) is 1.90. The average molecular weight is 199 g/mol. The van der Waals surface area contributed by atoms with Crippen LogP contribution in [0.25, 0.3) is 0 Å². The Hall–Kier alpha value is -1.82. The van der Waals surface area contributed by atoms with Crippen molar-refractivity contribution in [3.63, 3.8) is 0 Å². The fraction of sp³-hybridized carbons (Fsp3) is 0.333. The Balaban J connectivity index is 2.36. The molecule has 1 saturated heterocycles. The third-order valence-corrected chi connectivity index (χ3v) is 2.69. The summed E-state index contributed by atoms with van der Waals surface area (Å²) in [5.74, 6) is 0.629. The minimum Gasteiger partial charge on any atom is -0.329 e. The van der Waals surface area contributed by atoms with Gasteiger partial charge in [0.1, 0.15) is 11.9 Å². The van der Waals surface area contributed by atoms with Gasteiger partial charge in [0, 0.05) is 13.0 Å². The molecule has 0 saturated carbocycles. The maximum absolute atomic E-state index is 8.99. The second-order valence-electron chi connectivity index (χ2n) is 3.68. The van der Waals surface area contributed by atoms with Crippen molar-refractivity contribution in [2.75, 3.05) is 11.4 Å². The van der Waals surface area contributed by atoms with Gasteiger partial charge in [-0.1, -0.05) is 12.1 Å². The van der Waals surface area contributed by atoms with E-state index in [2.05, 4.69) is 6.07 Å². The van der Waals surface area contributed by atoms with Crippen LogP contribution in [0, 0.1) is 16.7 Å². The zero-order chi connectivity index (χ0) is 10.7. The lowest BCUT2D eigenvalue weighted by molar-refractivity contribution is 0.707. The highest BCUT2D eigenvalue weighted by molar-refractivity contribution is 5.97. The number of nitrogens with one attached hydrogen (secondary N) is 1. The first-order valence-electron chi connectivity index (χ1n) is 5.17. The molecule has 15 heavy (non-hydrogen) atoms. The first-order valence-corrected chi connectivity index (χ1v) is 5.17. The Morgan fingerprint density at radius 3 is 2.80 bits per heavy atom. The quantitative estimate of drug-likeness (QED) is 0.755. The lowest BCUT2D eigenvalue weighted by atomic mass is 10.1. The molecule has 0 unspecified atom stereocenters. The summed E-state index contributed by atoms with van der Waals surface area (Å²) in [6, 6.07) is 9.66. The smallest absolute Gasteiger partial charge is 0.101 e. The van der Waals surface area contributed by atoms with Crippen LogP contribution in [0.15, 0.2) is 24.3 Å². The maximum Gasteiger partial charge on any atom is 0.101 e. The predicted octanol–water partition coefficient (Wildman–Crippen LogP) is 2.53. The Labute approximate surface area is 89.5 Å². The van der Waals surface area contributed by atoms with Gasteiger partial charge in [-0.3, -0.25) is 5.41 Å². The van der Waals surface area contributed by atoms with Gasteiger partial charge in [-0.05, 0) is 25.0 Å². The van der Waals surface area contributed by atoms with Crippen LogP contribution in [0.2, 0.25) is 0 Å². The van der Waals surface area contributed by atoms with Crippen molar-refractivity contribution < 1.29 is 0 Å². The van der Waals surface area contributed by atoms with Gasteiger partial charge < -0.3 is 4.90 Å². The van der Waals surface area contributed by atoms with Gasteiger partial charge in [-0.25, -0.2) is 0 Å². The molecule has 1 aliphatic rings. The molecule has 1 aromatic carbocycles. The number of hydrogen-bond acceptors (Lipinski definition) is 2. The van der Waals surface area contributed by atoms with E-state index in [4.69, 9.17) is 10.7 Å². The molecule has 76 valence electrons. The number of hydrogen-bond donors (Lipinski definition) is 1. The molecule has 0 aliphatic carbocycles.